The molecule has 0 spiro atoms. The fourth-order valence-corrected chi connectivity index (χ4v) is 2.99. The molecular formula is C19H20ClN3O3. The average molecular weight is 374 g/mol. The Morgan fingerprint density at radius 1 is 1.19 bits per heavy atom. The fourth-order valence-electron chi connectivity index (χ4n) is 2.80. The lowest BCUT2D eigenvalue weighted by Crippen LogP contribution is -2.37. The molecule has 1 N–H and O–H groups in total. The van der Waals surface area contributed by atoms with Crippen LogP contribution in [-0.2, 0) is 4.79 Å². The van der Waals surface area contributed by atoms with E-state index in [1.807, 2.05) is 31.2 Å². The van der Waals surface area contributed by atoms with Crippen LogP contribution in [0.4, 0.5) is 16.2 Å². The molecule has 0 radical (unpaired) electrons. The maximum absolute atomic E-state index is 12.6. The minimum Gasteiger partial charge on any atom is -0.494 e. The molecule has 0 bridgehead atoms. The number of carbonyl (C=O) groups excluding carboxylic acids is 2. The Hall–Kier alpha value is -2.73. The van der Waals surface area contributed by atoms with Crippen molar-refractivity contribution in [2.45, 2.75) is 6.92 Å². The minimum absolute atomic E-state index is 0.00112. The van der Waals surface area contributed by atoms with Crippen molar-refractivity contribution in [1.82, 2.24) is 4.90 Å². The number of urea groups is 1. The highest BCUT2D eigenvalue weighted by Crippen LogP contribution is 2.23. The predicted molar refractivity (Wildman–Crippen MR) is 102 cm³/mol. The van der Waals surface area contributed by atoms with Crippen molar-refractivity contribution >= 4 is 34.9 Å². The van der Waals surface area contributed by atoms with Gasteiger partial charge in [0, 0.05) is 29.5 Å². The SMILES string of the molecule is CCOc1ccc(N2CCN(CC(=O)Nc3cccc(Cl)c3)C2=O)cc1. The first-order valence-electron chi connectivity index (χ1n) is 8.41. The van der Waals surface area contributed by atoms with Gasteiger partial charge in [-0.3, -0.25) is 9.69 Å². The third-order valence-electron chi connectivity index (χ3n) is 4.00. The summed E-state index contributed by atoms with van der Waals surface area (Å²) in [6, 6.07) is 14.1. The van der Waals surface area contributed by atoms with Crippen molar-refractivity contribution in [3.05, 3.63) is 53.6 Å². The number of carbonyl (C=O) groups is 2. The van der Waals surface area contributed by atoms with Crippen LogP contribution in [0.1, 0.15) is 6.92 Å². The number of hydrogen-bond acceptors (Lipinski definition) is 3. The summed E-state index contributed by atoms with van der Waals surface area (Å²) in [5.74, 6) is 0.509. The number of nitrogens with one attached hydrogen (secondary N) is 1. The molecule has 2 aromatic rings. The molecule has 1 heterocycles. The van der Waals surface area contributed by atoms with Crippen LogP contribution < -0.4 is 15.0 Å². The number of hydrogen-bond donors (Lipinski definition) is 1. The van der Waals surface area contributed by atoms with E-state index in [-0.39, 0.29) is 18.5 Å². The summed E-state index contributed by atoms with van der Waals surface area (Å²) < 4.78 is 5.41. The van der Waals surface area contributed by atoms with Gasteiger partial charge in [-0.1, -0.05) is 17.7 Å². The number of ether oxygens (including phenoxy) is 1. The van der Waals surface area contributed by atoms with Crippen LogP contribution in [-0.4, -0.2) is 43.1 Å². The highest BCUT2D eigenvalue weighted by atomic mass is 35.5. The summed E-state index contributed by atoms with van der Waals surface area (Å²) in [6.07, 6.45) is 0. The van der Waals surface area contributed by atoms with Crippen molar-refractivity contribution in [2.24, 2.45) is 0 Å². The maximum Gasteiger partial charge on any atom is 0.325 e. The van der Waals surface area contributed by atoms with Gasteiger partial charge < -0.3 is 15.0 Å². The molecule has 0 unspecified atom stereocenters. The minimum atomic E-state index is -0.255. The molecule has 1 aliphatic rings. The van der Waals surface area contributed by atoms with Gasteiger partial charge in [-0.05, 0) is 49.4 Å². The van der Waals surface area contributed by atoms with Crippen LogP contribution >= 0.6 is 11.6 Å². The van der Waals surface area contributed by atoms with Crippen LogP contribution in [0.15, 0.2) is 48.5 Å². The van der Waals surface area contributed by atoms with E-state index in [9.17, 15) is 9.59 Å². The van der Waals surface area contributed by atoms with Gasteiger partial charge in [0.1, 0.15) is 12.3 Å². The van der Waals surface area contributed by atoms with E-state index < -0.39 is 0 Å². The van der Waals surface area contributed by atoms with Crippen molar-refractivity contribution in [2.75, 3.05) is 36.5 Å². The van der Waals surface area contributed by atoms with Crippen molar-refractivity contribution in [3.63, 3.8) is 0 Å². The van der Waals surface area contributed by atoms with E-state index in [1.54, 1.807) is 29.2 Å². The molecule has 0 atom stereocenters. The third-order valence-corrected chi connectivity index (χ3v) is 4.23. The zero-order valence-corrected chi connectivity index (χ0v) is 15.2. The van der Waals surface area contributed by atoms with Gasteiger partial charge in [0.05, 0.1) is 6.61 Å². The van der Waals surface area contributed by atoms with Gasteiger partial charge in [-0.25, -0.2) is 4.79 Å². The van der Waals surface area contributed by atoms with E-state index in [0.29, 0.717) is 30.4 Å². The van der Waals surface area contributed by atoms with E-state index in [1.165, 1.54) is 4.90 Å². The van der Waals surface area contributed by atoms with E-state index in [0.717, 1.165) is 11.4 Å². The number of amides is 3. The van der Waals surface area contributed by atoms with Gasteiger partial charge >= 0.3 is 6.03 Å². The smallest absolute Gasteiger partial charge is 0.325 e. The topological polar surface area (TPSA) is 61.9 Å². The first-order valence-corrected chi connectivity index (χ1v) is 8.79. The first-order chi connectivity index (χ1) is 12.6. The number of anilines is 2. The summed E-state index contributed by atoms with van der Waals surface area (Å²) in [4.78, 5) is 28.0. The summed E-state index contributed by atoms with van der Waals surface area (Å²) in [7, 11) is 0. The van der Waals surface area contributed by atoms with Crippen molar-refractivity contribution in [3.8, 4) is 5.75 Å². The summed E-state index contributed by atoms with van der Waals surface area (Å²) in [6.45, 7) is 3.55. The molecular weight excluding hydrogens is 354 g/mol. The monoisotopic (exact) mass is 373 g/mol. The second kappa shape index (κ2) is 8.10. The standard InChI is InChI=1S/C19H20ClN3O3/c1-2-26-17-8-6-16(7-9-17)23-11-10-22(19(23)25)13-18(24)21-15-5-3-4-14(20)12-15/h3-9,12H,2,10-11,13H2,1H3,(H,21,24). The molecule has 1 saturated heterocycles. The lowest BCUT2D eigenvalue weighted by atomic mass is 10.3. The van der Waals surface area contributed by atoms with Gasteiger partial charge in [0.25, 0.3) is 0 Å². The van der Waals surface area contributed by atoms with Crippen LogP contribution in [0.2, 0.25) is 5.02 Å². The van der Waals surface area contributed by atoms with Gasteiger partial charge in [-0.15, -0.1) is 0 Å². The Labute approximate surface area is 157 Å². The van der Waals surface area contributed by atoms with E-state index in [2.05, 4.69) is 5.32 Å². The summed E-state index contributed by atoms with van der Waals surface area (Å²) in [5, 5.41) is 3.30. The number of nitrogens with zero attached hydrogens (tertiary/aromatic N) is 2. The second-order valence-corrected chi connectivity index (χ2v) is 6.28. The molecule has 1 fully saturated rings. The van der Waals surface area contributed by atoms with Crippen molar-refractivity contribution in [1.29, 1.82) is 0 Å². The zero-order valence-electron chi connectivity index (χ0n) is 14.4. The molecule has 26 heavy (non-hydrogen) atoms. The average Bonchev–Trinajstić information content (AvgIpc) is 2.96. The van der Waals surface area contributed by atoms with Crippen LogP contribution in [0.25, 0.3) is 0 Å². The molecule has 0 saturated carbocycles. The summed E-state index contributed by atoms with van der Waals surface area (Å²) in [5.41, 5.74) is 1.40. The number of rotatable bonds is 6. The van der Waals surface area contributed by atoms with Crippen LogP contribution in [0.5, 0.6) is 5.75 Å². The predicted octanol–water partition coefficient (Wildman–Crippen LogP) is 3.62. The highest BCUT2D eigenvalue weighted by Gasteiger charge is 2.30. The Bertz CT molecular complexity index is 795. The first kappa shape index (κ1) is 18.1. The fraction of sp³-hybridized carbons (Fsp3) is 0.263. The normalized spacial score (nSPS) is 13.8. The number of halogens is 1. The molecule has 7 heteroatoms. The zero-order chi connectivity index (χ0) is 18.5. The number of benzene rings is 2. The molecule has 1 aliphatic heterocycles. The Morgan fingerprint density at radius 2 is 1.96 bits per heavy atom. The molecule has 2 aromatic carbocycles. The Morgan fingerprint density at radius 3 is 2.65 bits per heavy atom. The van der Waals surface area contributed by atoms with Gasteiger partial charge in [-0.2, -0.15) is 0 Å². The molecule has 3 rings (SSSR count). The largest absolute Gasteiger partial charge is 0.494 e. The van der Waals surface area contributed by atoms with Gasteiger partial charge in [0.15, 0.2) is 0 Å². The van der Waals surface area contributed by atoms with Crippen LogP contribution in [0.3, 0.4) is 0 Å². The van der Waals surface area contributed by atoms with E-state index in [4.69, 9.17) is 16.3 Å². The third kappa shape index (κ3) is 4.26. The lowest BCUT2D eigenvalue weighted by molar-refractivity contribution is -0.116. The molecule has 136 valence electrons. The lowest BCUT2D eigenvalue weighted by Gasteiger charge is -2.18. The van der Waals surface area contributed by atoms with E-state index >= 15 is 0 Å². The maximum atomic E-state index is 12.6. The summed E-state index contributed by atoms with van der Waals surface area (Å²) >= 11 is 5.91. The highest BCUT2D eigenvalue weighted by molar-refractivity contribution is 6.30. The van der Waals surface area contributed by atoms with Crippen molar-refractivity contribution < 1.29 is 14.3 Å². The molecule has 3 amide bonds. The van der Waals surface area contributed by atoms with Gasteiger partial charge in [0.2, 0.25) is 5.91 Å². The quantitative estimate of drug-likeness (QED) is 0.841. The molecule has 0 aliphatic carbocycles. The van der Waals surface area contributed by atoms with Crippen LogP contribution in [0, 0.1) is 0 Å². The molecule has 0 aromatic heterocycles. The Balaban J connectivity index is 1.59. The Kier molecular flexibility index (Phi) is 5.63. The second-order valence-electron chi connectivity index (χ2n) is 5.84. The molecule has 6 nitrogen and oxygen atoms in total.